The highest BCUT2D eigenvalue weighted by Gasteiger charge is 2.34. The smallest absolute Gasteiger partial charge is 0.340 e. The van der Waals surface area contributed by atoms with Crippen molar-refractivity contribution in [3.8, 4) is 6.07 Å². The molecule has 1 aromatic carbocycles. The average Bonchev–Trinajstić information content (AvgIpc) is 3.12. The third kappa shape index (κ3) is 5.36. The first-order valence-corrected chi connectivity index (χ1v) is 10.1. The summed E-state index contributed by atoms with van der Waals surface area (Å²) >= 11 is 11.7. The minimum Gasteiger partial charge on any atom is -0.340 e. The molecule has 12 heteroatoms. The Morgan fingerprint density at radius 1 is 1.16 bits per heavy atom. The van der Waals surface area contributed by atoms with Crippen molar-refractivity contribution < 1.29 is 17.6 Å². The van der Waals surface area contributed by atoms with Crippen LogP contribution in [0.15, 0.2) is 30.5 Å². The molecule has 1 N–H and O–H groups in total. The third-order valence-electron chi connectivity index (χ3n) is 4.38. The predicted molar refractivity (Wildman–Crippen MR) is 109 cm³/mol. The van der Waals surface area contributed by atoms with Gasteiger partial charge in [-0.15, -0.1) is 23.2 Å². The number of hydrogen-bond donors (Lipinski definition) is 1. The summed E-state index contributed by atoms with van der Waals surface area (Å²) in [6.07, 6.45) is -3.54. The summed E-state index contributed by atoms with van der Waals surface area (Å²) in [6.45, 7) is 1.43. The van der Waals surface area contributed by atoms with Gasteiger partial charge in [0.05, 0.1) is 17.5 Å². The minimum absolute atomic E-state index is 0.000412. The van der Waals surface area contributed by atoms with Crippen molar-refractivity contribution in [2.24, 2.45) is 0 Å². The van der Waals surface area contributed by atoms with Crippen molar-refractivity contribution >= 4 is 40.4 Å². The largest absolute Gasteiger partial charge is 0.419 e. The van der Waals surface area contributed by atoms with Crippen LogP contribution in [0, 0.1) is 17.1 Å². The van der Waals surface area contributed by atoms with E-state index >= 15 is 0 Å². The molecule has 0 unspecified atom stereocenters. The van der Waals surface area contributed by atoms with Crippen molar-refractivity contribution in [2.75, 3.05) is 30.2 Å². The fraction of sp³-hybridized carbons (Fsp3) is 0.316. The molecule has 31 heavy (non-hydrogen) atoms. The van der Waals surface area contributed by atoms with Gasteiger partial charge in [-0.25, -0.2) is 9.37 Å². The van der Waals surface area contributed by atoms with Crippen LogP contribution in [0.1, 0.15) is 16.8 Å². The number of rotatable bonds is 8. The normalized spacial score (nSPS) is 11.8. The van der Waals surface area contributed by atoms with Gasteiger partial charge < -0.3 is 5.32 Å². The first-order chi connectivity index (χ1) is 14.8. The standard InChI is InChI=1S/C19H16Cl2F4N6/c20-3-5-30(6-4-21)11-14-8-17(31-18(29-14)12(9-26)10-27-31)28-13-1-2-16(22)15(7-13)19(23,24)25/h1-2,7-8,10,28H,3-6,11H2. The van der Waals surface area contributed by atoms with Crippen LogP contribution in [-0.2, 0) is 12.7 Å². The molecule has 0 amide bonds. The zero-order valence-electron chi connectivity index (χ0n) is 15.9. The van der Waals surface area contributed by atoms with Gasteiger partial charge in [-0.3, -0.25) is 4.90 Å². The van der Waals surface area contributed by atoms with E-state index in [2.05, 4.69) is 15.4 Å². The molecule has 3 aromatic rings. The molecule has 2 aromatic heterocycles. The first kappa shape index (κ1) is 23.1. The molecule has 0 fully saturated rings. The number of aromatic nitrogens is 3. The highest BCUT2D eigenvalue weighted by Crippen LogP contribution is 2.33. The van der Waals surface area contributed by atoms with Crippen LogP contribution in [0.4, 0.5) is 29.1 Å². The molecule has 0 radical (unpaired) electrons. The number of anilines is 2. The van der Waals surface area contributed by atoms with Gasteiger partial charge in [0.15, 0.2) is 5.65 Å². The highest BCUT2D eigenvalue weighted by atomic mass is 35.5. The van der Waals surface area contributed by atoms with Crippen molar-refractivity contribution in [3.05, 3.63) is 53.1 Å². The quantitative estimate of drug-likeness (QED) is 0.375. The molecule has 0 saturated carbocycles. The number of nitriles is 1. The van der Waals surface area contributed by atoms with Gasteiger partial charge in [0.2, 0.25) is 0 Å². The van der Waals surface area contributed by atoms with Crippen LogP contribution in [0.3, 0.4) is 0 Å². The maximum absolute atomic E-state index is 13.6. The molecular formula is C19H16Cl2F4N6. The molecular weight excluding hydrogens is 459 g/mol. The number of hydrogen-bond acceptors (Lipinski definition) is 5. The molecule has 0 aliphatic rings. The van der Waals surface area contributed by atoms with Gasteiger partial charge in [0.1, 0.15) is 23.3 Å². The SMILES string of the molecule is N#Cc1cnn2c(Nc3ccc(F)c(C(F)(F)F)c3)cc(CN(CCCl)CCCl)nc12. The molecule has 164 valence electrons. The molecule has 0 saturated heterocycles. The summed E-state index contributed by atoms with van der Waals surface area (Å²) in [5.41, 5.74) is -0.435. The number of nitrogens with zero attached hydrogens (tertiary/aromatic N) is 5. The molecule has 0 atom stereocenters. The number of fused-ring (bicyclic) bond motifs is 1. The summed E-state index contributed by atoms with van der Waals surface area (Å²) in [4.78, 5) is 6.40. The van der Waals surface area contributed by atoms with Gasteiger partial charge >= 0.3 is 6.18 Å². The van der Waals surface area contributed by atoms with E-state index < -0.39 is 17.6 Å². The van der Waals surface area contributed by atoms with E-state index in [0.717, 1.165) is 6.07 Å². The van der Waals surface area contributed by atoms with Gasteiger partial charge in [-0.05, 0) is 18.2 Å². The number of halogens is 6. The molecule has 3 rings (SSSR count). The van der Waals surface area contributed by atoms with E-state index in [1.54, 1.807) is 6.07 Å². The van der Waals surface area contributed by atoms with E-state index in [1.165, 1.54) is 16.8 Å². The number of benzene rings is 1. The van der Waals surface area contributed by atoms with E-state index in [4.69, 9.17) is 23.2 Å². The maximum Gasteiger partial charge on any atom is 0.419 e. The average molecular weight is 475 g/mol. The molecule has 0 aliphatic heterocycles. The van der Waals surface area contributed by atoms with Crippen molar-refractivity contribution in [1.29, 1.82) is 5.26 Å². The monoisotopic (exact) mass is 474 g/mol. The lowest BCUT2D eigenvalue weighted by molar-refractivity contribution is -0.139. The first-order valence-electron chi connectivity index (χ1n) is 9.02. The lowest BCUT2D eigenvalue weighted by Crippen LogP contribution is -2.28. The van der Waals surface area contributed by atoms with Gasteiger partial charge in [-0.1, -0.05) is 0 Å². The van der Waals surface area contributed by atoms with Crippen LogP contribution in [0.2, 0.25) is 0 Å². The van der Waals surface area contributed by atoms with Crippen molar-refractivity contribution in [2.45, 2.75) is 12.7 Å². The molecule has 0 bridgehead atoms. The molecule has 0 spiro atoms. The van der Waals surface area contributed by atoms with Crippen LogP contribution in [0.5, 0.6) is 0 Å². The predicted octanol–water partition coefficient (Wildman–Crippen LogP) is 4.78. The second-order valence-corrected chi connectivity index (χ2v) is 7.27. The van der Waals surface area contributed by atoms with Gasteiger partial charge in [0, 0.05) is 43.1 Å². The van der Waals surface area contributed by atoms with E-state index in [9.17, 15) is 22.8 Å². The van der Waals surface area contributed by atoms with Crippen LogP contribution in [-0.4, -0.2) is 44.3 Å². The van der Waals surface area contributed by atoms with E-state index in [1.807, 2.05) is 11.0 Å². The summed E-state index contributed by atoms with van der Waals surface area (Å²) in [5.74, 6) is -0.369. The second-order valence-electron chi connectivity index (χ2n) is 6.51. The van der Waals surface area contributed by atoms with Crippen LogP contribution in [0.25, 0.3) is 5.65 Å². The molecule has 2 heterocycles. The van der Waals surface area contributed by atoms with Crippen LogP contribution >= 0.6 is 23.2 Å². The Morgan fingerprint density at radius 3 is 2.48 bits per heavy atom. The summed E-state index contributed by atoms with van der Waals surface area (Å²) < 4.78 is 54.1. The van der Waals surface area contributed by atoms with Crippen LogP contribution < -0.4 is 5.32 Å². The van der Waals surface area contributed by atoms with Crippen molar-refractivity contribution in [1.82, 2.24) is 19.5 Å². The lowest BCUT2D eigenvalue weighted by Gasteiger charge is -2.20. The summed E-state index contributed by atoms with van der Waals surface area (Å²) in [5, 5.41) is 16.2. The van der Waals surface area contributed by atoms with Crippen molar-refractivity contribution in [3.63, 3.8) is 0 Å². The zero-order valence-corrected chi connectivity index (χ0v) is 17.4. The fourth-order valence-corrected chi connectivity index (χ4v) is 3.45. The lowest BCUT2D eigenvalue weighted by atomic mass is 10.2. The zero-order chi connectivity index (χ0) is 22.6. The van der Waals surface area contributed by atoms with Gasteiger partial charge in [0.25, 0.3) is 0 Å². The number of nitrogens with one attached hydrogen (secondary N) is 1. The Hall–Kier alpha value is -2.61. The highest BCUT2D eigenvalue weighted by molar-refractivity contribution is 6.18. The maximum atomic E-state index is 13.6. The Labute approximate surface area is 185 Å². The molecule has 0 aliphatic carbocycles. The van der Waals surface area contributed by atoms with E-state index in [-0.39, 0.29) is 22.7 Å². The second kappa shape index (κ2) is 9.68. The summed E-state index contributed by atoms with van der Waals surface area (Å²) in [7, 11) is 0. The Kier molecular flexibility index (Phi) is 7.20. The Bertz CT molecular complexity index is 1100. The van der Waals surface area contributed by atoms with E-state index in [0.29, 0.717) is 43.2 Å². The Morgan fingerprint density at radius 2 is 1.87 bits per heavy atom. The molecule has 6 nitrogen and oxygen atoms in total. The number of alkyl halides is 5. The Balaban J connectivity index is 2.03. The third-order valence-corrected chi connectivity index (χ3v) is 4.71. The topological polar surface area (TPSA) is 69.2 Å². The summed E-state index contributed by atoms with van der Waals surface area (Å²) in [6, 6.07) is 6.15. The minimum atomic E-state index is -4.84. The van der Waals surface area contributed by atoms with Gasteiger partial charge in [-0.2, -0.15) is 28.0 Å². The fourth-order valence-electron chi connectivity index (χ4n) is 2.97.